The molecule has 2 aromatic carbocycles. The minimum Gasteiger partial charge on any atom is -0.494 e. The highest BCUT2D eigenvalue weighted by molar-refractivity contribution is 7.90. The Morgan fingerprint density at radius 2 is 1.96 bits per heavy atom. The van der Waals surface area contributed by atoms with Crippen LogP contribution in [0.5, 0.6) is 5.75 Å². The summed E-state index contributed by atoms with van der Waals surface area (Å²) in [5, 5.41) is 11.0. The zero-order chi connectivity index (χ0) is 18.9. The molecule has 1 heterocycles. The van der Waals surface area contributed by atoms with Gasteiger partial charge in [0.15, 0.2) is 9.84 Å². The van der Waals surface area contributed by atoms with Crippen LogP contribution in [0.3, 0.4) is 0 Å². The highest BCUT2D eigenvalue weighted by Crippen LogP contribution is 2.33. The van der Waals surface area contributed by atoms with Gasteiger partial charge in [-0.15, -0.1) is 0 Å². The fraction of sp³-hybridized carbons (Fsp3) is 0.333. The topological polar surface area (TPSA) is 89.8 Å². The van der Waals surface area contributed by atoms with E-state index in [9.17, 15) is 18.5 Å². The highest BCUT2D eigenvalue weighted by atomic mass is 32.2. The fourth-order valence-electron chi connectivity index (χ4n) is 3.17. The molecule has 0 spiro atoms. The number of nitro benzene ring substituents is 1. The van der Waals surface area contributed by atoms with E-state index in [2.05, 4.69) is 0 Å². The summed E-state index contributed by atoms with van der Waals surface area (Å²) in [6.45, 7) is 3.65. The molecule has 0 unspecified atom stereocenters. The van der Waals surface area contributed by atoms with Gasteiger partial charge >= 0.3 is 0 Å². The van der Waals surface area contributed by atoms with E-state index >= 15 is 0 Å². The van der Waals surface area contributed by atoms with Crippen LogP contribution in [0.1, 0.15) is 18.1 Å². The maximum absolute atomic E-state index is 12.2. The van der Waals surface area contributed by atoms with Gasteiger partial charge in [-0.2, -0.15) is 0 Å². The lowest BCUT2D eigenvalue weighted by Gasteiger charge is -2.32. The molecule has 138 valence electrons. The molecule has 0 bridgehead atoms. The van der Waals surface area contributed by atoms with Crippen molar-refractivity contribution in [3.05, 3.63) is 57.6 Å². The molecule has 0 radical (unpaired) electrons. The quantitative estimate of drug-likeness (QED) is 0.589. The summed E-state index contributed by atoms with van der Waals surface area (Å²) >= 11 is 0. The number of hydrogen-bond acceptors (Lipinski definition) is 6. The van der Waals surface area contributed by atoms with Crippen molar-refractivity contribution in [1.82, 2.24) is 0 Å². The number of ether oxygens (including phenoxy) is 1. The molecule has 3 rings (SSSR count). The molecule has 0 amide bonds. The second-order valence-corrected chi connectivity index (χ2v) is 8.20. The first-order valence-corrected chi connectivity index (χ1v) is 10.2. The number of nitrogens with zero attached hydrogens (tertiary/aromatic N) is 2. The number of benzene rings is 2. The van der Waals surface area contributed by atoms with Crippen LogP contribution in [0, 0.1) is 10.1 Å². The Morgan fingerprint density at radius 1 is 1.19 bits per heavy atom. The molecule has 8 heteroatoms. The van der Waals surface area contributed by atoms with Gasteiger partial charge in [0.2, 0.25) is 0 Å². The largest absolute Gasteiger partial charge is 0.494 e. The van der Waals surface area contributed by atoms with E-state index < -0.39 is 14.8 Å². The summed E-state index contributed by atoms with van der Waals surface area (Å²) in [5.74, 6) is 0.778. The fourth-order valence-corrected chi connectivity index (χ4v) is 4.08. The third-order valence-electron chi connectivity index (χ3n) is 4.40. The standard InChI is InChI=1S/C18H20N2O5S/c1-3-25-16-6-4-13-8-9-19(12-14(13)10-16)17-7-5-15(20(21)22)11-18(17)26(2,23)24/h4-7,10-11H,3,8-9,12H2,1-2H3. The molecule has 0 N–H and O–H groups in total. The number of rotatable bonds is 5. The zero-order valence-electron chi connectivity index (χ0n) is 14.6. The maximum atomic E-state index is 12.2. The van der Waals surface area contributed by atoms with E-state index in [-0.39, 0.29) is 10.6 Å². The predicted molar refractivity (Wildman–Crippen MR) is 98.6 cm³/mol. The van der Waals surface area contributed by atoms with E-state index in [4.69, 9.17) is 4.74 Å². The minimum absolute atomic E-state index is 0.0175. The molecule has 0 fully saturated rings. The van der Waals surface area contributed by atoms with Gasteiger partial charge in [-0.1, -0.05) is 6.07 Å². The van der Waals surface area contributed by atoms with Gasteiger partial charge < -0.3 is 9.64 Å². The van der Waals surface area contributed by atoms with Crippen LogP contribution < -0.4 is 9.64 Å². The van der Waals surface area contributed by atoms with Crippen LogP contribution >= 0.6 is 0 Å². The first kappa shape index (κ1) is 18.2. The molecule has 1 aliphatic heterocycles. The second-order valence-electron chi connectivity index (χ2n) is 6.22. The van der Waals surface area contributed by atoms with Crippen LogP contribution in [0.25, 0.3) is 0 Å². The van der Waals surface area contributed by atoms with Crippen molar-refractivity contribution in [3.8, 4) is 5.75 Å². The number of fused-ring (bicyclic) bond motifs is 1. The van der Waals surface area contributed by atoms with Crippen LogP contribution in [0.4, 0.5) is 11.4 Å². The van der Waals surface area contributed by atoms with Gasteiger partial charge in [0.1, 0.15) is 5.75 Å². The zero-order valence-corrected chi connectivity index (χ0v) is 15.5. The Bertz CT molecular complexity index is 956. The molecular formula is C18H20N2O5S. The van der Waals surface area contributed by atoms with Crippen molar-refractivity contribution in [1.29, 1.82) is 0 Å². The first-order chi connectivity index (χ1) is 12.3. The van der Waals surface area contributed by atoms with Crippen molar-refractivity contribution in [2.24, 2.45) is 0 Å². The lowest BCUT2D eigenvalue weighted by atomic mass is 9.99. The van der Waals surface area contributed by atoms with Crippen molar-refractivity contribution in [2.45, 2.75) is 24.8 Å². The average Bonchev–Trinajstić information content (AvgIpc) is 2.60. The smallest absolute Gasteiger partial charge is 0.270 e. The second kappa shape index (κ2) is 6.95. The van der Waals surface area contributed by atoms with Crippen LogP contribution in [0.2, 0.25) is 0 Å². The van der Waals surface area contributed by atoms with E-state index in [0.29, 0.717) is 25.4 Å². The molecule has 0 saturated heterocycles. The number of sulfone groups is 1. The van der Waals surface area contributed by atoms with Gasteiger partial charge in [-0.05, 0) is 42.7 Å². The molecule has 26 heavy (non-hydrogen) atoms. The Balaban J connectivity index is 2.00. The normalized spacial score (nSPS) is 14.0. The van der Waals surface area contributed by atoms with E-state index in [0.717, 1.165) is 30.1 Å². The molecule has 0 saturated carbocycles. The third kappa shape index (κ3) is 3.65. The number of nitro groups is 1. The summed E-state index contributed by atoms with van der Waals surface area (Å²) in [6.07, 6.45) is 1.84. The number of hydrogen-bond donors (Lipinski definition) is 0. The Hall–Kier alpha value is -2.61. The predicted octanol–water partition coefficient (Wildman–Crippen LogP) is 2.96. The first-order valence-electron chi connectivity index (χ1n) is 8.27. The lowest BCUT2D eigenvalue weighted by Crippen LogP contribution is -2.31. The Labute approximate surface area is 152 Å². The monoisotopic (exact) mass is 376 g/mol. The summed E-state index contributed by atoms with van der Waals surface area (Å²) in [6, 6.07) is 9.94. The van der Waals surface area contributed by atoms with Gasteiger partial charge in [0.25, 0.3) is 5.69 Å². The Kier molecular flexibility index (Phi) is 4.86. The Morgan fingerprint density at radius 3 is 2.62 bits per heavy atom. The maximum Gasteiger partial charge on any atom is 0.270 e. The number of anilines is 1. The molecule has 0 atom stereocenters. The number of non-ortho nitro benzene ring substituents is 1. The molecule has 0 aliphatic carbocycles. The van der Waals surface area contributed by atoms with Crippen molar-refractivity contribution in [3.63, 3.8) is 0 Å². The molecule has 1 aliphatic rings. The summed E-state index contributed by atoms with van der Waals surface area (Å²) in [4.78, 5) is 12.4. The summed E-state index contributed by atoms with van der Waals surface area (Å²) < 4.78 is 29.9. The highest BCUT2D eigenvalue weighted by Gasteiger charge is 2.25. The van der Waals surface area contributed by atoms with Gasteiger partial charge in [0.05, 0.1) is 22.1 Å². The van der Waals surface area contributed by atoms with Gasteiger partial charge in [-0.25, -0.2) is 8.42 Å². The molecule has 2 aromatic rings. The van der Waals surface area contributed by atoms with Crippen LogP contribution in [-0.4, -0.2) is 32.7 Å². The van der Waals surface area contributed by atoms with Crippen molar-refractivity contribution in [2.75, 3.05) is 24.3 Å². The van der Waals surface area contributed by atoms with E-state index in [1.807, 2.05) is 30.0 Å². The molecule has 7 nitrogen and oxygen atoms in total. The average molecular weight is 376 g/mol. The minimum atomic E-state index is -3.60. The molecule has 0 aromatic heterocycles. The lowest BCUT2D eigenvalue weighted by molar-refractivity contribution is -0.385. The third-order valence-corrected chi connectivity index (χ3v) is 5.52. The SMILES string of the molecule is CCOc1ccc2c(c1)CN(c1ccc([N+](=O)[O-])cc1S(C)(=O)=O)CC2. The van der Waals surface area contributed by atoms with Crippen molar-refractivity contribution < 1.29 is 18.1 Å². The summed E-state index contributed by atoms with van der Waals surface area (Å²) in [7, 11) is -3.60. The summed E-state index contributed by atoms with van der Waals surface area (Å²) in [5.41, 5.74) is 2.53. The van der Waals surface area contributed by atoms with Gasteiger partial charge in [0, 0.05) is 31.5 Å². The van der Waals surface area contributed by atoms with E-state index in [1.54, 1.807) is 0 Å². The van der Waals surface area contributed by atoms with E-state index in [1.165, 1.54) is 17.7 Å². The van der Waals surface area contributed by atoms with Crippen LogP contribution in [-0.2, 0) is 22.8 Å². The van der Waals surface area contributed by atoms with Gasteiger partial charge in [-0.3, -0.25) is 10.1 Å². The van der Waals surface area contributed by atoms with Crippen molar-refractivity contribution >= 4 is 21.2 Å². The molecular weight excluding hydrogens is 356 g/mol. The van der Waals surface area contributed by atoms with Crippen LogP contribution in [0.15, 0.2) is 41.3 Å².